The molecule has 1 aromatic rings. The van der Waals surface area contributed by atoms with Gasteiger partial charge in [0.2, 0.25) is 0 Å². The van der Waals surface area contributed by atoms with Crippen molar-refractivity contribution in [2.24, 2.45) is 10.8 Å². The van der Waals surface area contributed by atoms with Gasteiger partial charge in [-0.2, -0.15) is 0 Å². The van der Waals surface area contributed by atoms with Gasteiger partial charge in [-0.15, -0.1) is 24.6 Å². The average Bonchev–Trinajstić information content (AvgIpc) is 2.79. The van der Waals surface area contributed by atoms with Crippen LogP contribution < -0.4 is 17.1 Å². The molecule has 0 aromatic carbocycles. The van der Waals surface area contributed by atoms with E-state index in [4.69, 9.17) is 0 Å². The highest BCUT2D eigenvalue weighted by molar-refractivity contribution is 6.83. The quantitative estimate of drug-likeness (QED) is 0.256. The molecule has 0 fully saturated rings. The standard InChI is InChI=1S/C28H53N3O3Si2/c1-12-35(9,10)22-16-20-30-24(32)29(19-15-18-28(7,8)27(4,5)6)25(33)31(26(30)34)21-17-23-36(11,13-2)14-3/h12-13H,1-2,14-23H2,3-11H3. The zero-order valence-corrected chi connectivity index (χ0v) is 26.7. The first kappa shape index (κ1) is 32.4. The summed E-state index contributed by atoms with van der Waals surface area (Å²) in [5, 5.41) is 0. The van der Waals surface area contributed by atoms with E-state index in [1.54, 1.807) is 0 Å². The Morgan fingerprint density at radius 1 is 0.722 bits per heavy atom. The van der Waals surface area contributed by atoms with Crippen molar-refractivity contribution in [1.82, 2.24) is 13.7 Å². The van der Waals surface area contributed by atoms with Crippen LogP contribution in [0, 0.1) is 10.8 Å². The summed E-state index contributed by atoms with van der Waals surface area (Å²) in [6, 6.07) is 3.00. The Hall–Kier alpha value is -1.68. The van der Waals surface area contributed by atoms with E-state index < -0.39 is 33.2 Å². The summed E-state index contributed by atoms with van der Waals surface area (Å²) in [5.74, 6) is 0. The fraction of sp³-hybridized carbons (Fsp3) is 0.750. The van der Waals surface area contributed by atoms with E-state index in [9.17, 15) is 14.4 Å². The van der Waals surface area contributed by atoms with Crippen molar-refractivity contribution in [3.63, 3.8) is 0 Å². The highest BCUT2D eigenvalue weighted by Crippen LogP contribution is 2.41. The predicted octanol–water partition coefficient (Wildman–Crippen LogP) is 6.06. The van der Waals surface area contributed by atoms with Gasteiger partial charge in [0.1, 0.15) is 0 Å². The number of hydrogen-bond acceptors (Lipinski definition) is 3. The fourth-order valence-corrected chi connectivity index (χ4v) is 7.26. The molecular weight excluding hydrogens is 482 g/mol. The maximum Gasteiger partial charge on any atom is 0.336 e. The molecular formula is C28H53N3O3Si2. The molecule has 0 radical (unpaired) electrons. The zero-order chi connectivity index (χ0) is 27.9. The van der Waals surface area contributed by atoms with Crippen LogP contribution in [-0.2, 0) is 19.6 Å². The summed E-state index contributed by atoms with van der Waals surface area (Å²) in [7, 11) is -3.11. The van der Waals surface area contributed by atoms with Crippen LogP contribution in [0.15, 0.2) is 38.9 Å². The van der Waals surface area contributed by atoms with Crippen molar-refractivity contribution in [2.75, 3.05) is 0 Å². The Bertz CT molecular complexity index is 1070. The Morgan fingerprint density at radius 3 is 1.50 bits per heavy atom. The van der Waals surface area contributed by atoms with E-state index in [-0.39, 0.29) is 10.8 Å². The van der Waals surface area contributed by atoms with Gasteiger partial charge < -0.3 is 0 Å². The van der Waals surface area contributed by atoms with Crippen molar-refractivity contribution < 1.29 is 0 Å². The summed E-state index contributed by atoms with van der Waals surface area (Å²) < 4.78 is 3.91. The minimum Gasteiger partial charge on any atom is -0.247 e. The molecule has 0 aliphatic heterocycles. The fourth-order valence-electron chi connectivity index (χ4n) is 4.17. The average molecular weight is 536 g/mol. The van der Waals surface area contributed by atoms with Gasteiger partial charge in [-0.3, -0.25) is 0 Å². The summed E-state index contributed by atoms with van der Waals surface area (Å²) in [6.07, 6.45) is 3.07. The first-order chi connectivity index (χ1) is 16.4. The van der Waals surface area contributed by atoms with Crippen LogP contribution in [-0.4, -0.2) is 29.8 Å². The van der Waals surface area contributed by atoms with E-state index >= 15 is 0 Å². The second kappa shape index (κ2) is 12.7. The molecule has 0 bridgehead atoms. The highest BCUT2D eigenvalue weighted by Gasteiger charge is 2.32. The molecule has 8 heteroatoms. The first-order valence-electron chi connectivity index (χ1n) is 13.7. The van der Waals surface area contributed by atoms with E-state index in [0.717, 1.165) is 37.4 Å². The molecule has 206 valence electrons. The molecule has 1 heterocycles. The summed E-state index contributed by atoms with van der Waals surface area (Å²) >= 11 is 0. The zero-order valence-electron chi connectivity index (χ0n) is 24.7. The van der Waals surface area contributed by atoms with Crippen LogP contribution in [0.1, 0.15) is 67.2 Å². The summed E-state index contributed by atoms with van der Waals surface area (Å²) in [6.45, 7) is 29.0. The normalized spacial score (nSPS) is 14.5. The van der Waals surface area contributed by atoms with Crippen LogP contribution in [0.3, 0.4) is 0 Å². The van der Waals surface area contributed by atoms with Crippen molar-refractivity contribution in [1.29, 1.82) is 0 Å². The van der Waals surface area contributed by atoms with Gasteiger partial charge in [0, 0.05) is 19.6 Å². The molecule has 1 rings (SSSR count). The number of nitrogens with zero attached hydrogens (tertiary/aromatic N) is 3. The Kier molecular flexibility index (Phi) is 11.4. The molecule has 6 nitrogen and oxygen atoms in total. The molecule has 1 atom stereocenters. The number of rotatable bonds is 15. The minimum absolute atomic E-state index is 0.0604. The Balaban J connectivity index is 3.33. The molecule has 0 amide bonds. The molecule has 36 heavy (non-hydrogen) atoms. The monoisotopic (exact) mass is 535 g/mol. The van der Waals surface area contributed by atoms with E-state index in [2.05, 4.69) is 80.0 Å². The third-order valence-corrected chi connectivity index (χ3v) is 15.6. The van der Waals surface area contributed by atoms with Crippen LogP contribution in [0.5, 0.6) is 0 Å². The SMILES string of the molecule is C=C[Si](C)(C)CCCn1c(=O)n(CCCC(C)(C)C(C)(C)C)c(=O)n(CCC[Si](C)(C=C)CC)c1=O. The lowest BCUT2D eigenvalue weighted by molar-refractivity contribution is 0.114. The second-order valence-corrected chi connectivity index (χ2v) is 23.0. The molecule has 0 saturated heterocycles. The van der Waals surface area contributed by atoms with Gasteiger partial charge in [0.15, 0.2) is 0 Å². The van der Waals surface area contributed by atoms with Crippen LogP contribution in [0.4, 0.5) is 0 Å². The molecule has 0 saturated carbocycles. The maximum absolute atomic E-state index is 13.4. The smallest absolute Gasteiger partial charge is 0.247 e. The largest absolute Gasteiger partial charge is 0.336 e. The van der Waals surface area contributed by atoms with Gasteiger partial charge in [-0.25, -0.2) is 28.1 Å². The maximum atomic E-state index is 13.4. The number of aromatic nitrogens is 3. The van der Waals surface area contributed by atoms with Gasteiger partial charge in [-0.1, -0.05) is 79.3 Å². The lowest BCUT2D eigenvalue weighted by Gasteiger charge is -2.39. The molecule has 1 aromatic heterocycles. The first-order valence-corrected chi connectivity index (χ1v) is 19.9. The lowest BCUT2D eigenvalue weighted by Crippen LogP contribution is -2.54. The summed E-state index contributed by atoms with van der Waals surface area (Å²) in [5.41, 5.74) is 2.91. The molecule has 0 aliphatic rings. The van der Waals surface area contributed by atoms with Crippen LogP contribution in [0.2, 0.25) is 37.8 Å². The lowest BCUT2D eigenvalue weighted by atomic mass is 9.67. The van der Waals surface area contributed by atoms with Crippen molar-refractivity contribution in [3.05, 3.63) is 56.0 Å². The molecule has 0 aliphatic carbocycles. The van der Waals surface area contributed by atoms with E-state index in [1.807, 2.05) is 5.70 Å². The highest BCUT2D eigenvalue weighted by atomic mass is 28.3. The van der Waals surface area contributed by atoms with Crippen molar-refractivity contribution in [2.45, 2.75) is 125 Å². The molecule has 0 spiro atoms. The predicted molar refractivity (Wildman–Crippen MR) is 161 cm³/mol. The Morgan fingerprint density at radius 2 is 1.14 bits per heavy atom. The topological polar surface area (TPSA) is 66.0 Å². The number of hydrogen-bond donors (Lipinski definition) is 0. The third kappa shape index (κ3) is 8.43. The summed E-state index contributed by atoms with van der Waals surface area (Å²) in [4.78, 5) is 40.1. The third-order valence-electron chi connectivity index (χ3n) is 8.78. The van der Waals surface area contributed by atoms with Gasteiger partial charge in [0.05, 0.1) is 16.1 Å². The van der Waals surface area contributed by atoms with Gasteiger partial charge in [0.25, 0.3) is 0 Å². The van der Waals surface area contributed by atoms with Crippen LogP contribution >= 0.6 is 0 Å². The molecule has 0 N–H and O–H groups in total. The van der Waals surface area contributed by atoms with Crippen molar-refractivity contribution in [3.8, 4) is 0 Å². The van der Waals surface area contributed by atoms with E-state index in [1.165, 1.54) is 13.7 Å². The van der Waals surface area contributed by atoms with Gasteiger partial charge in [-0.05, 0) is 36.5 Å². The van der Waals surface area contributed by atoms with E-state index in [0.29, 0.717) is 26.1 Å². The van der Waals surface area contributed by atoms with Gasteiger partial charge >= 0.3 is 17.1 Å². The van der Waals surface area contributed by atoms with Crippen LogP contribution in [0.25, 0.3) is 0 Å². The molecule has 1 unspecified atom stereocenters. The van der Waals surface area contributed by atoms with Crippen molar-refractivity contribution >= 4 is 16.1 Å². The second-order valence-electron chi connectivity index (χ2n) is 13.2. The Labute approximate surface area is 221 Å². The minimum atomic E-state index is -1.56.